The third kappa shape index (κ3) is 5.27. The molecule has 0 spiro atoms. The molecule has 0 amide bonds. The van der Waals surface area contributed by atoms with Crippen molar-refractivity contribution in [3.05, 3.63) is 92.8 Å². The average molecular weight is 554 g/mol. The Morgan fingerprint density at radius 3 is 2.55 bits per heavy atom. The van der Waals surface area contributed by atoms with Gasteiger partial charge in [-0.25, -0.2) is 0 Å². The van der Waals surface area contributed by atoms with Crippen LogP contribution >= 0.6 is 22.6 Å². The smallest absolute Gasteiger partial charge is 0.315 e. The lowest BCUT2D eigenvalue weighted by Gasteiger charge is -2.06. The third-order valence-corrected chi connectivity index (χ3v) is 6.22. The number of phenols is 1. The van der Waals surface area contributed by atoms with E-state index in [-0.39, 0.29) is 23.9 Å². The van der Waals surface area contributed by atoms with E-state index in [0.29, 0.717) is 43.6 Å². The van der Waals surface area contributed by atoms with Crippen LogP contribution < -0.4 is 4.74 Å². The Bertz CT molecular complexity index is 1310. The fourth-order valence-corrected chi connectivity index (χ4v) is 4.19. The second-order valence-corrected chi connectivity index (χ2v) is 8.96. The van der Waals surface area contributed by atoms with Gasteiger partial charge in [0, 0.05) is 23.4 Å². The van der Waals surface area contributed by atoms with Crippen LogP contribution in [0.5, 0.6) is 11.5 Å². The minimum Gasteiger partial charge on any atom is -0.507 e. The molecule has 5 nitrogen and oxygen atoms in total. The highest BCUT2D eigenvalue weighted by atomic mass is 127. The zero-order chi connectivity index (χ0) is 23.4. The number of carbonyl (C=O) groups is 2. The summed E-state index contributed by atoms with van der Waals surface area (Å²) >= 11 is 2.00. The maximum atomic E-state index is 13.4. The number of phenolic OH excluding ortho intramolecular Hbond substituents is 1. The number of carbonyl (C=O) groups excluding carboxylic acids is 2. The van der Waals surface area contributed by atoms with Crippen molar-refractivity contribution in [1.29, 1.82) is 0 Å². The van der Waals surface area contributed by atoms with Crippen LogP contribution in [0.25, 0.3) is 11.0 Å². The Morgan fingerprint density at radius 1 is 1.03 bits per heavy atom. The molecule has 1 N–H and O–H groups in total. The highest BCUT2D eigenvalue weighted by Crippen LogP contribution is 2.33. The lowest BCUT2D eigenvalue weighted by Crippen LogP contribution is -2.11. The summed E-state index contributed by atoms with van der Waals surface area (Å²) in [5, 5.41) is 10.5. The van der Waals surface area contributed by atoms with Gasteiger partial charge < -0.3 is 14.3 Å². The zero-order valence-electron chi connectivity index (χ0n) is 18.1. The molecular formula is C27H23IO5. The lowest BCUT2D eigenvalue weighted by molar-refractivity contribution is -0.133. The minimum absolute atomic E-state index is 0.136. The number of halogens is 1. The molecule has 0 atom stereocenters. The fraction of sp³-hybridized carbons (Fsp3) is 0.185. The molecule has 4 rings (SSSR count). The van der Waals surface area contributed by atoms with Crippen LogP contribution in [0.4, 0.5) is 0 Å². The van der Waals surface area contributed by atoms with Crippen molar-refractivity contribution in [3.63, 3.8) is 0 Å². The number of aryl methyl sites for hydroxylation is 1. The molecule has 0 radical (unpaired) electrons. The van der Waals surface area contributed by atoms with Gasteiger partial charge in [0.2, 0.25) is 0 Å². The Labute approximate surface area is 205 Å². The Balaban J connectivity index is 1.65. The van der Waals surface area contributed by atoms with Gasteiger partial charge in [-0.1, -0.05) is 43.7 Å². The van der Waals surface area contributed by atoms with E-state index in [1.807, 2.05) is 52.9 Å². The van der Waals surface area contributed by atoms with Crippen molar-refractivity contribution in [2.45, 2.75) is 32.6 Å². The first-order chi connectivity index (χ1) is 16.0. The van der Waals surface area contributed by atoms with Gasteiger partial charge in [0.05, 0.1) is 15.6 Å². The number of furan rings is 1. The number of hydrogen-bond donors (Lipinski definition) is 1. The quantitative estimate of drug-likeness (QED) is 0.117. The predicted octanol–water partition coefficient (Wildman–Crippen LogP) is 6.46. The molecule has 0 saturated heterocycles. The third-order valence-electron chi connectivity index (χ3n) is 5.35. The van der Waals surface area contributed by atoms with Gasteiger partial charge in [0.25, 0.3) is 0 Å². The largest absolute Gasteiger partial charge is 0.507 e. The van der Waals surface area contributed by atoms with Crippen molar-refractivity contribution in [1.82, 2.24) is 0 Å². The maximum absolute atomic E-state index is 13.4. The van der Waals surface area contributed by atoms with E-state index < -0.39 is 0 Å². The Kier molecular flexibility index (Phi) is 7.13. The standard InChI is InChI=1S/C27H23IO5/c1-2-3-9-23-26(27(31)18-10-13-22(29)21(28)15-18)20-12-11-19(16-24(20)33-23)32-25(30)14-17-7-5-4-6-8-17/h4-8,10-13,15-16,29H,2-3,9,14H2,1H3. The van der Waals surface area contributed by atoms with Gasteiger partial charge in [-0.3, -0.25) is 9.59 Å². The van der Waals surface area contributed by atoms with Crippen LogP contribution in [0, 0.1) is 3.57 Å². The van der Waals surface area contributed by atoms with Crippen molar-refractivity contribution in [2.75, 3.05) is 0 Å². The number of benzene rings is 3. The van der Waals surface area contributed by atoms with Gasteiger partial charge in [-0.05, 0) is 64.9 Å². The summed E-state index contributed by atoms with van der Waals surface area (Å²) in [6.45, 7) is 2.08. The monoisotopic (exact) mass is 554 g/mol. The first-order valence-electron chi connectivity index (χ1n) is 10.8. The zero-order valence-corrected chi connectivity index (χ0v) is 20.3. The number of fused-ring (bicyclic) bond motifs is 1. The summed E-state index contributed by atoms with van der Waals surface area (Å²) in [7, 11) is 0. The molecule has 0 fully saturated rings. The number of ketones is 1. The number of rotatable bonds is 8. The molecule has 0 aliphatic rings. The van der Waals surface area contributed by atoms with Crippen LogP contribution in [0.3, 0.4) is 0 Å². The molecule has 0 bridgehead atoms. The van der Waals surface area contributed by atoms with Gasteiger partial charge in [-0.2, -0.15) is 0 Å². The second kappa shape index (κ2) is 10.2. The number of unbranched alkanes of at least 4 members (excludes halogenated alkanes) is 1. The summed E-state index contributed by atoms with van der Waals surface area (Å²) in [4.78, 5) is 25.8. The molecule has 1 heterocycles. The molecule has 0 aliphatic heterocycles. The molecule has 1 aromatic heterocycles. The fourth-order valence-electron chi connectivity index (χ4n) is 3.68. The Morgan fingerprint density at radius 2 is 1.82 bits per heavy atom. The van der Waals surface area contributed by atoms with Gasteiger partial charge >= 0.3 is 5.97 Å². The van der Waals surface area contributed by atoms with Crippen molar-refractivity contribution in [2.24, 2.45) is 0 Å². The molecule has 0 saturated carbocycles. The minimum atomic E-state index is -0.367. The molecule has 4 aromatic rings. The molecule has 0 unspecified atom stereocenters. The first kappa shape index (κ1) is 23.0. The van der Waals surface area contributed by atoms with E-state index in [2.05, 4.69) is 6.92 Å². The lowest BCUT2D eigenvalue weighted by atomic mass is 9.98. The number of ether oxygens (including phenoxy) is 1. The van der Waals surface area contributed by atoms with Crippen molar-refractivity contribution >= 4 is 45.3 Å². The highest BCUT2D eigenvalue weighted by molar-refractivity contribution is 14.1. The number of aromatic hydroxyl groups is 1. The van der Waals surface area contributed by atoms with E-state index in [4.69, 9.17) is 9.15 Å². The van der Waals surface area contributed by atoms with E-state index in [0.717, 1.165) is 18.4 Å². The molecule has 33 heavy (non-hydrogen) atoms. The van der Waals surface area contributed by atoms with E-state index in [9.17, 15) is 14.7 Å². The van der Waals surface area contributed by atoms with E-state index in [1.54, 1.807) is 30.3 Å². The normalized spacial score (nSPS) is 11.0. The van der Waals surface area contributed by atoms with Crippen LogP contribution in [0.2, 0.25) is 0 Å². The van der Waals surface area contributed by atoms with E-state index in [1.165, 1.54) is 6.07 Å². The van der Waals surface area contributed by atoms with Crippen LogP contribution in [0.15, 0.2) is 71.1 Å². The second-order valence-electron chi connectivity index (χ2n) is 7.79. The molecule has 3 aromatic carbocycles. The summed E-state index contributed by atoms with van der Waals surface area (Å²) in [5.41, 5.74) is 2.38. The topological polar surface area (TPSA) is 76.7 Å². The highest BCUT2D eigenvalue weighted by Gasteiger charge is 2.23. The summed E-state index contributed by atoms with van der Waals surface area (Å²) in [5.74, 6) is 0.599. The summed E-state index contributed by atoms with van der Waals surface area (Å²) < 4.78 is 12.2. The molecule has 6 heteroatoms. The summed E-state index contributed by atoms with van der Waals surface area (Å²) in [6.07, 6.45) is 2.64. The van der Waals surface area contributed by atoms with Crippen molar-refractivity contribution in [3.8, 4) is 11.5 Å². The van der Waals surface area contributed by atoms with Crippen LogP contribution in [-0.2, 0) is 17.6 Å². The average Bonchev–Trinajstić information content (AvgIpc) is 3.17. The van der Waals surface area contributed by atoms with Crippen LogP contribution in [0.1, 0.15) is 47.0 Å². The predicted molar refractivity (Wildman–Crippen MR) is 135 cm³/mol. The van der Waals surface area contributed by atoms with E-state index >= 15 is 0 Å². The van der Waals surface area contributed by atoms with Crippen molar-refractivity contribution < 1.29 is 23.8 Å². The summed E-state index contributed by atoms with van der Waals surface area (Å²) in [6, 6.07) is 19.3. The van der Waals surface area contributed by atoms with Gasteiger partial charge in [0.1, 0.15) is 22.8 Å². The first-order valence-corrected chi connectivity index (χ1v) is 11.9. The number of esters is 1. The van der Waals surface area contributed by atoms with Gasteiger partial charge in [-0.15, -0.1) is 0 Å². The Hall–Kier alpha value is -3.13. The maximum Gasteiger partial charge on any atom is 0.315 e. The SMILES string of the molecule is CCCCc1oc2cc(OC(=O)Cc3ccccc3)ccc2c1C(=O)c1ccc(O)c(I)c1. The molecule has 0 aliphatic carbocycles. The molecule has 168 valence electrons. The van der Waals surface area contributed by atoms with Gasteiger partial charge in [0.15, 0.2) is 5.78 Å². The number of hydrogen-bond acceptors (Lipinski definition) is 5. The van der Waals surface area contributed by atoms with Crippen LogP contribution in [-0.4, -0.2) is 16.9 Å². The molecular weight excluding hydrogens is 531 g/mol.